The molecule has 0 saturated carbocycles. The molecule has 0 radical (unpaired) electrons. The summed E-state index contributed by atoms with van der Waals surface area (Å²) in [5.41, 5.74) is 1.41. The van der Waals surface area contributed by atoms with E-state index in [9.17, 15) is 4.79 Å². The van der Waals surface area contributed by atoms with Crippen LogP contribution >= 0.6 is 23.4 Å². The monoisotopic (exact) mass is 451 g/mol. The number of carbonyl (C=O) groups excluding carboxylic acids is 1. The molecule has 0 unspecified atom stereocenters. The van der Waals surface area contributed by atoms with Gasteiger partial charge in [-0.3, -0.25) is 9.69 Å². The van der Waals surface area contributed by atoms with Crippen molar-refractivity contribution in [2.24, 2.45) is 5.41 Å². The largest absolute Gasteiger partial charge is 0.492 e. The Labute approximate surface area is 190 Å². The summed E-state index contributed by atoms with van der Waals surface area (Å²) in [6.07, 6.45) is 0. The number of nitrogens with zero attached hydrogens (tertiary/aromatic N) is 1. The summed E-state index contributed by atoms with van der Waals surface area (Å²) in [6.45, 7) is 0.306. The first-order chi connectivity index (χ1) is 15.1. The molecule has 4 nitrogen and oxygen atoms in total. The minimum Gasteiger partial charge on any atom is -0.492 e. The second-order valence-electron chi connectivity index (χ2n) is 8.53. The van der Waals surface area contributed by atoms with E-state index in [4.69, 9.17) is 21.1 Å². The highest BCUT2D eigenvalue weighted by molar-refractivity contribution is 7.99. The average molecular weight is 452 g/mol. The second-order valence-corrected chi connectivity index (χ2v) is 9.97. The van der Waals surface area contributed by atoms with Crippen molar-refractivity contribution in [3.05, 3.63) is 76.8 Å². The van der Waals surface area contributed by atoms with Crippen LogP contribution in [0, 0.1) is 5.41 Å². The minimum absolute atomic E-state index is 0.0377. The normalized spacial score (nSPS) is 29.2. The lowest BCUT2D eigenvalue weighted by Crippen LogP contribution is -2.49. The second kappa shape index (κ2) is 7.16. The standard InChI is InChI=1S/C25H22ClNO3S/c1-29-24(28)25-13-30-20-11-8-15-4-2-3-5-18(15)21(20)23(25)27-14-31-12-19(27)22(25)16-6-9-17(26)10-7-16/h2-11,19,22-23H,12-14H2,1H3/t19-,22-,23-,25+/m1/s1. The number of carbonyl (C=O) groups is 1. The van der Waals surface area contributed by atoms with Gasteiger partial charge in [0.1, 0.15) is 17.8 Å². The van der Waals surface area contributed by atoms with Gasteiger partial charge in [-0.25, -0.2) is 0 Å². The first-order valence-corrected chi connectivity index (χ1v) is 12.0. The molecule has 0 bridgehead atoms. The third-order valence-corrected chi connectivity index (χ3v) is 8.49. The molecule has 2 saturated heterocycles. The zero-order chi connectivity index (χ0) is 21.2. The summed E-state index contributed by atoms with van der Waals surface area (Å²) in [7, 11) is 1.49. The van der Waals surface area contributed by atoms with Crippen LogP contribution in [-0.4, -0.2) is 42.3 Å². The van der Waals surface area contributed by atoms with Crippen LogP contribution in [0.2, 0.25) is 5.02 Å². The van der Waals surface area contributed by atoms with Crippen LogP contribution in [0.15, 0.2) is 60.7 Å². The van der Waals surface area contributed by atoms with Gasteiger partial charge in [-0.1, -0.05) is 54.1 Å². The predicted molar refractivity (Wildman–Crippen MR) is 124 cm³/mol. The molecule has 0 aliphatic carbocycles. The summed E-state index contributed by atoms with van der Waals surface area (Å²) in [4.78, 5) is 16.1. The van der Waals surface area contributed by atoms with Gasteiger partial charge in [-0.15, -0.1) is 11.8 Å². The summed E-state index contributed by atoms with van der Waals surface area (Å²) < 4.78 is 11.8. The van der Waals surface area contributed by atoms with Gasteiger partial charge in [0.2, 0.25) is 0 Å². The van der Waals surface area contributed by atoms with Crippen molar-refractivity contribution in [2.75, 3.05) is 25.3 Å². The number of halogens is 1. The molecule has 3 aliphatic heterocycles. The van der Waals surface area contributed by atoms with Gasteiger partial charge in [0.05, 0.1) is 13.2 Å². The summed E-state index contributed by atoms with van der Waals surface area (Å²) >= 11 is 8.12. The lowest BCUT2D eigenvalue weighted by Gasteiger charge is -2.43. The van der Waals surface area contributed by atoms with Gasteiger partial charge in [0, 0.05) is 34.2 Å². The fourth-order valence-electron chi connectivity index (χ4n) is 5.98. The van der Waals surface area contributed by atoms with Crippen molar-refractivity contribution in [3.8, 4) is 5.75 Å². The van der Waals surface area contributed by atoms with Crippen molar-refractivity contribution in [2.45, 2.75) is 18.0 Å². The molecular formula is C25H22ClNO3S. The van der Waals surface area contributed by atoms with Crippen LogP contribution in [0.1, 0.15) is 23.1 Å². The molecule has 0 amide bonds. The highest BCUT2D eigenvalue weighted by Crippen LogP contribution is 2.65. The van der Waals surface area contributed by atoms with Gasteiger partial charge in [-0.05, 0) is 34.5 Å². The number of thioether (sulfide) groups is 1. The van der Waals surface area contributed by atoms with Crippen molar-refractivity contribution in [3.63, 3.8) is 0 Å². The van der Waals surface area contributed by atoms with Crippen LogP contribution < -0.4 is 4.74 Å². The molecule has 4 atom stereocenters. The average Bonchev–Trinajstić information content (AvgIpc) is 3.38. The fourth-order valence-corrected chi connectivity index (χ4v) is 7.39. The first kappa shape index (κ1) is 19.5. The Balaban J connectivity index is 1.64. The minimum atomic E-state index is -0.814. The third kappa shape index (κ3) is 2.63. The zero-order valence-electron chi connectivity index (χ0n) is 17.1. The Morgan fingerprint density at radius 2 is 1.97 bits per heavy atom. The van der Waals surface area contributed by atoms with Crippen molar-refractivity contribution < 1.29 is 14.3 Å². The smallest absolute Gasteiger partial charge is 0.317 e. The van der Waals surface area contributed by atoms with Gasteiger partial charge < -0.3 is 9.47 Å². The maximum Gasteiger partial charge on any atom is 0.317 e. The predicted octanol–water partition coefficient (Wildman–Crippen LogP) is 5.26. The van der Waals surface area contributed by atoms with E-state index < -0.39 is 5.41 Å². The number of fused-ring (bicyclic) bond motifs is 7. The number of hydrogen-bond donors (Lipinski definition) is 0. The Hall–Kier alpha value is -2.21. The van der Waals surface area contributed by atoms with E-state index in [2.05, 4.69) is 41.3 Å². The quantitative estimate of drug-likeness (QED) is 0.497. The van der Waals surface area contributed by atoms with Crippen LogP contribution in [0.3, 0.4) is 0 Å². The van der Waals surface area contributed by atoms with Gasteiger partial charge in [0.25, 0.3) is 0 Å². The fraction of sp³-hybridized carbons (Fsp3) is 0.320. The molecule has 0 spiro atoms. The van der Waals surface area contributed by atoms with E-state index in [1.165, 1.54) is 7.11 Å². The van der Waals surface area contributed by atoms with E-state index in [1.54, 1.807) is 0 Å². The lowest BCUT2D eigenvalue weighted by atomic mass is 9.66. The molecular weight excluding hydrogens is 430 g/mol. The Bertz CT molecular complexity index is 1180. The Morgan fingerprint density at radius 1 is 1.16 bits per heavy atom. The molecule has 2 fully saturated rings. The van der Waals surface area contributed by atoms with Gasteiger partial charge in [-0.2, -0.15) is 0 Å². The van der Waals surface area contributed by atoms with Crippen molar-refractivity contribution in [1.82, 2.24) is 4.90 Å². The highest BCUT2D eigenvalue weighted by atomic mass is 35.5. The van der Waals surface area contributed by atoms with E-state index in [1.807, 2.05) is 36.0 Å². The van der Waals surface area contributed by atoms with Gasteiger partial charge in [0.15, 0.2) is 0 Å². The SMILES string of the molecule is COC(=O)[C@]12COc3ccc4ccccc4c3[C@H]1N1CSC[C@@H]1[C@H]2c1ccc(Cl)cc1. The Kier molecular flexibility index (Phi) is 4.50. The lowest BCUT2D eigenvalue weighted by molar-refractivity contribution is -0.159. The summed E-state index contributed by atoms with van der Waals surface area (Å²) in [5.74, 6) is 2.50. The number of ether oxygens (including phenoxy) is 2. The number of rotatable bonds is 2. The number of esters is 1. The number of benzene rings is 3. The molecule has 3 heterocycles. The van der Waals surface area contributed by atoms with Crippen LogP contribution in [-0.2, 0) is 9.53 Å². The molecule has 31 heavy (non-hydrogen) atoms. The van der Waals surface area contributed by atoms with E-state index in [-0.39, 0.29) is 24.0 Å². The van der Waals surface area contributed by atoms with Crippen molar-refractivity contribution in [1.29, 1.82) is 0 Å². The first-order valence-electron chi connectivity index (χ1n) is 10.5. The number of methoxy groups -OCH3 is 1. The topological polar surface area (TPSA) is 38.8 Å². The third-order valence-electron chi connectivity index (χ3n) is 7.18. The highest BCUT2D eigenvalue weighted by Gasteiger charge is 2.68. The maximum absolute atomic E-state index is 13.6. The van der Waals surface area contributed by atoms with Crippen LogP contribution in [0.5, 0.6) is 5.75 Å². The molecule has 6 heteroatoms. The zero-order valence-corrected chi connectivity index (χ0v) is 18.7. The molecule has 6 rings (SSSR count). The molecule has 3 aromatic rings. The maximum atomic E-state index is 13.6. The van der Waals surface area contributed by atoms with Crippen LogP contribution in [0.25, 0.3) is 10.8 Å². The van der Waals surface area contributed by atoms with E-state index in [0.717, 1.165) is 39.3 Å². The number of hydrogen-bond acceptors (Lipinski definition) is 5. The summed E-state index contributed by atoms with van der Waals surface area (Å²) in [5, 5.41) is 2.99. The molecule has 0 aromatic heterocycles. The molecule has 158 valence electrons. The Morgan fingerprint density at radius 3 is 2.77 bits per heavy atom. The van der Waals surface area contributed by atoms with E-state index >= 15 is 0 Å². The molecule has 3 aliphatic rings. The summed E-state index contributed by atoms with van der Waals surface area (Å²) in [6, 6.07) is 20.6. The van der Waals surface area contributed by atoms with Gasteiger partial charge >= 0.3 is 5.97 Å². The van der Waals surface area contributed by atoms with E-state index in [0.29, 0.717) is 11.6 Å². The molecule has 3 aromatic carbocycles. The molecule has 0 N–H and O–H groups in total. The van der Waals surface area contributed by atoms with Crippen LogP contribution in [0.4, 0.5) is 0 Å². The van der Waals surface area contributed by atoms with Crippen molar-refractivity contribution >= 4 is 40.1 Å².